The molecule has 0 bridgehead atoms. The molecule has 7 heteroatoms. The van der Waals surface area contributed by atoms with Crippen LogP contribution in [0, 0.1) is 6.92 Å². The zero-order chi connectivity index (χ0) is 16.5. The van der Waals surface area contributed by atoms with Crippen LogP contribution in [0.5, 0.6) is 5.75 Å². The maximum atomic E-state index is 6.11. The highest BCUT2D eigenvalue weighted by Gasteiger charge is 2.18. The first-order chi connectivity index (χ1) is 11.2. The molecule has 0 aromatic heterocycles. The molecule has 1 aliphatic rings. The van der Waals surface area contributed by atoms with Crippen LogP contribution in [0.4, 0.5) is 0 Å². The van der Waals surface area contributed by atoms with Gasteiger partial charge in [0.1, 0.15) is 11.9 Å². The Morgan fingerprint density at radius 3 is 2.88 bits per heavy atom. The molecule has 0 spiro atoms. The molecule has 1 aliphatic heterocycles. The lowest BCUT2D eigenvalue weighted by molar-refractivity contribution is 0.140. The normalized spacial score (nSPS) is 17.3. The van der Waals surface area contributed by atoms with Crippen molar-refractivity contribution in [3.05, 3.63) is 29.3 Å². The third-order valence-corrected chi connectivity index (χ3v) is 3.67. The molecule has 0 radical (unpaired) electrons. The van der Waals surface area contributed by atoms with Gasteiger partial charge in [0.05, 0.1) is 19.8 Å². The molecular weight excluding hydrogens is 421 g/mol. The van der Waals surface area contributed by atoms with Gasteiger partial charge in [0, 0.05) is 39.2 Å². The Kier molecular flexibility index (Phi) is 10.0. The zero-order valence-electron chi connectivity index (χ0n) is 14.6. The van der Waals surface area contributed by atoms with Crippen molar-refractivity contribution in [2.75, 3.05) is 40.5 Å². The number of aryl methyl sites for hydroxylation is 1. The average molecular weight is 449 g/mol. The molecule has 1 heterocycles. The van der Waals surface area contributed by atoms with Crippen LogP contribution in [0.1, 0.15) is 17.5 Å². The van der Waals surface area contributed by atoms with Gasteiger partial charge in [0.25, 0.3) is 0 Å². The largest absolute Gasteiger partial charge is 0.488 e. The second kappa shape index (κ2) is 11.5. The number of rotatable bonds is 7. The highest BCUT2D eigenvalue weighted by Crippen LogP contribution is 2.23. The van der Waals surface area contributed by atoms with Gasteiger partial charge in [-0.3, -0.25) is 4.99 Å². The van der Waals surface area contributed by atoms with Crippen LogP contribution in [0.15, 0.2) is 23.2 Å². The molecule has 1 atom stereocenters. The summed E-state index contributed by atoms with van der Waals surface area (Å²) in [4.78, 5) is 4.20. The molecule has 1 unspecified atom stereocenters. The Morgan fingerprint density at radius 1 is 1.38 bits per heavy atom. The molecule has 6 nitrogen and oxygen atoms in total. The molecule has 1 aromatic rings. The Balaban J connectivity index is 0.00000288. The predicted molar refractivity (Wildman–Crippen MR) is 107 cm³/mol. The fraction of sp³-hybridized carbons (Fsp3) is 0.588. The second-order valence-electron chi connectivity index (χ2n) is 5.56. The van der Waals surface area contributed by atoms with Crippen LogP contribution < -0.4 is 15.4 Å². The molecule has 24 heavy (non-hydrogen) atoms. The van der Waals surface area contributed by atoms with E-state index in [0.717, 1.165) is 30.3 Å². The van der Waals surface area contributed by atoms with E-state index in [0.29, 0.717) is 26.3 Å². The van der Waals surface area contributed by atoms with Crippen LogP contribution in [-0.4, -0.2) is 52.6 Å². The topological polar surface area (TPSA) is 64.1 Å². The molecule has 1 aromatic carbocycles. The van der Waals surface area contributed by atoms with E-state index < -0.39 is 0 Å². The summed E-state index contributed by atoms with van der Waals surface area (Å²) in [5, 5.41) is 6.50. The van der Waals surface area contributed by atoms with Crippen molar-refractivity contribution in [3.8, 4) is 5.75 Å². The van der Waals surface area contributed by atoms with E-state index in [1.807, 2.05) is 0 Å². The first kappa shape index (κ1) is 21.0. The Bertz CT molecular complexity index is 520. The van der Waals surface area contributed by atoms with Gasteiger partial charge in [0.15, 0.2) is 5.96 Å². The van der Waals surface area contributed by atoms with Crippen molar-refractivity contribution in [2.24, 2.45) is 4.99 Å². The summed E-state index contributed by atoms with van der Waals surface area (Å²) in [6.45, 7) is 5.52. The molecule has 2 rings (SSSR count). The average Bonchev–Trinajstić information content (AvgIpc) is 3.05. The van der Waals surface area contributed by atoms with Crippen molar-refractivity contribution in [1.29, 1.82) is 0 Å². The van der Waals surface area contributed by atoms with Gasteiger partial charge >= 0.3 is 0 Å². The lowest BCUT2D eigenvalue weighted by atomic mass is 10.1. The Morgan fingerprint density at radius 2 is 2.21 bits per heavy atom. The minimum absolute atomic E-state index is 0. The van der Waals surface area contributed by atoms with Crippen molar-refractivity contribution >= 4 is 29.9 Å². The van der Waals surface area contributed by atoms with Crippen LogP contribution in [-0.2, 0) is 16.0 Å². The van der Waals surface area contributed by atoms with Crippen LogP contribution in [0.25, 0.3) is 0 Å². The first-order valence-corrected chi connectivity index (χ1v) is 8.00. The number of guanidine groups is 1. The smallest absolute Gasteiger partial charge is 0.191 e. The van der Waals surface area contributed by atoms with Crippen molar-refractivity contribution in [1.82, 2.24) is 10.6 Å². The van der Waals surface area contributed by atoms with Gasteiger partial charge in [-0.15, -0.1) is 24.0 Å². The minimum atomic E-state index is 0. The summed E-state index contributed by atoms with van der Waals surface area (Å²) in [7, 11) is 3.44. The maximum absolute atomic E-state index is 6.11. The summed E-state index contributed by atoms with van der Waals surface area (Å²) < 4.78 is 16.5. The summed E-state index contributed by atoms with van der Waals surface area (Å²) in [5.41, 5.74) is 2.29. The fourth-order valence-corrected chi connectivity index (χ4v) is 2.37. The molecule has 0 saturated carbocycles. The van der Waals surface area contributed by atoms with Gasteiger partial charge in [-0.25, -0.2) is 0 Å². The lowest BCUT2D eigenvalue weighted by Crippen LogP contribution is -2.38. The zero-order valence-corrected chi connectivity index (χ0v) is 17.0. The first-order valence-electron chi connectivity index (χ1n) is 8.00. The molecular formula is C17H28IN3O3. The number of benzene rings is 1. The fourth-order valence-electron chi connectivity index (χ4n) is 2.37. The standard InChI is InChI=1S/C17H27N3O3.HI/c1-13-4-5-14(11-20-17(18-2)19-7-9-21-3)16(10-13)23-15-6-8-22-12-15;/h4-5,10,15H,6-9,11-12H2,1-3H3,(H2,18,19,20);1H. The van der Waals surface area contributed by atoms with Gasteiger partial charge in [-0.1, -0.05) is 12.1 Å². The Labute approximate surface area is 161 Å². The second-order valence-corrected chi connectivity index (χ2v) is 5.56. The summed E-state index contributed by atoms with van der Waals surface area (Å²) >= 11 is 0. The van der Waals surface area contributed by atoms with Gasteiger partial charge in [-0.2, -0.15) is 0 Å². The summed E-state index contributed by atoms with van der Waals surface area (Å²) in [6.07, 6.45) is 1.09. The van der Waals surface area contributed by atoms with Crippen molar-refractivity contribution in [2.45, 2.75) is 26.0 Å². The lowest BCUT2D eigenvalue weighted by Gasteiger charge is -2.18. The van der Waals surface area contributed by atoms with Crippen LogP contribution in [0.2, 0.25) is 0 Å². The third kappa shape index (κ3) is 6.82. The monoisotopic (exact) mass is 449 g/mol. The molecule has 136 valence electrons. The van der Waals surface area contributed by atoms with Crippen molar-refractivity contribution in [3.63, 3.8) is 0 Å². The molecule has 2 N–H and O–H groups in total. The molecule has 0 amide bonds. The van der Waals surface area contributed by atoms with Gasteiger partial charge in [-0.05, 0) is 18.6 Å². The van der Waals surface area contributed by atoms with Gasteiger partial charge in [0.2, 0.25) is 0 Å². The van der Waals surface area contributed by atoms with E-state index in [2.05, 4.69) is 40.7 Å². The number of halogens is 1. The van der Waals surface area contributed by atoms with Crippen LogP contribution in [0.3, 0.4) is 0 Å². The summed E-state index contributed by atoms with van der Waals surface area (Å²) in [6, 6.07) is 6.27. The third-order valence-electron chi connectivity index (χ3n) is 3.67. The van der Waals surface area contributed by atoms with E-state index in [1.54, 1.807) is 14.2 Å². The number of nitrogens with one attached hydrogen (secondary N) is 2. The number of ether oxygens (including phenoxy) is 3. The number of hydrogen-bond acceptors (Lipinski definition) is 4. The number of methoxy groups -OCH3 is 1. The number of hydrogen-bond donors (Lipinski definition) is 2. The van der Waals surface area contributed by atoms with E-state index in [-0.39, 0.29) is 30.1 Å². The maximum Gasteiger partial charge on any atom is 0.191 e. The molecule has 0 aliphatic carbocycles. The van der Waals surface area contributed by atoms with Gasteiger partial charge < -0.3 is 24.8 Å². The van der Waals surface area contributed by atoms with E-state index in [9.17, 15) is 0 Å². The molecule has 1 saturated heterocycles. The van der Waals surface area contributed by atoms with E-state index in [1.165, 1.54) is 5.56 Å². The number of nitrogens with zero attached hydrogens (tertiary/aromatic N) is 1. The minimum Gasteiger partial charge on any atom is -0.488 e. The molecule has 1 fully saturated rings. The SMILES string of the molecule is CN=C(NCCOC)NCc1ccc(C)cc1OC1CCOC1.I. The van der Waals surface area contributed by atoms with E-state index in [4.69, 9.17) is 14.2 Å². The van der Waals surface area contributed by atoms with Crippen LogP contribution >= 0.6 is 24.0 Å². The number of aliphatic imine (C=N–C) groups is 1. The Hall–Kier alpha value is -1.06. The van der Waals surface area contributed by atoms with E-state index >= 15 is 0 Å². The quantitative estimate of drug-likeness (QED) is 0.289. The summed E-state index contributed by atoms with van der Waals surface area (Å²) in [5.74, 6) is 1.66. The predicted octanol–water partition coefficient (Wildman–Crippen LogP) is 2.09. The highest BCUT2D eigenvalue weighted by molar-refractivity contribution is 14.0. The van der Waals surface area contributed by atoms with Crippen molar-refractivity contribution < 1.29 is 14.2 Å². The highest BCUT2D eigenvalue weighted by atomic mass is 127.